The van der Waals surface area contributed by atoms with Crippen molar-refractivity contribution in [3.63, 3.8) is 0 Å². The van der Waals surface area contributed by atoms with Crippen LogP contribution in [-0.2, 0) is 19.0 Å². The molecule has 4 aliphatic rings. The molecular formula is C18H20O6. The molecule has 128 valence electrons. The predicted molar refractivity (Wildman–Crippen MR) is 82.1 cm³/mol. The molecule has 6 heteroatoms. The minimum absolute atomic E-state index is 0.0312. The molecule has 4 fully saturated rings. The number of carbonyl (C=O) groups excluding carboxylic acids is 2. The molecule has 0 aromatic heterocycles. The van der Waals surface area contributed by atoms with Gasteiger partial charge < -0.3 is 19.3 Å². The molecule has 1 aliphatic heterocycles. The van der Waals surface area contributed by atoms with Crippen LogP contribution in [0.1, 0.15) is 30.1 Å². The molecule has 6 nitrogen and oxygen atoms in total. The molecule has 1 heterocycles. The lowest BCUT2D eigenvalue weighted by Gasteiger charge is -2.63. The summed E-state index contributed by atoms with van der Waals surface area (Å²) < 4.78 is 16.8. The van der Waals surface area contributed by atoms with E-state index in [2.05, 4.69) is 0 Å². The minimum Gasteiger partial charge on any atom is -0.461 e. The van der Waals surface area contributed by atoms with E-state index in [1.807, 2.05) is 6.07 Å². The highest BCUT2D eigenvalue weighted by Gasteiger charge is 2.85. The molecule has 0 radical (unpaired) electrons. The fourth-order valence-electron chi connectivity index (χ4n) is 4.76. The van der Waals surface area contributed by atoms with Crippen LogP contribution in [0, 0.1) is 11.3 Å². The first-order valence-electron chi connectivity index (χ1n) is 8.06. The summed E-state index contributed by atoms with van der Waals surface area (Å²) in [6.45, 7) is 1.62. The number of Topliss-reactive ketones (excluding diaryl/α,β-unsaturated/α-hetero) is 1. The van der Waals surface area contributed by atoms with Crippen LogP contribution in [0.15, 0.2) is 30.3 Å². The highest BCUT2D eigenvalue weighted by atomic mass is 16.7. The van der Waals surface area contributed by atoms with Gasteiger partial charge >= 0.3 is 5.97 Å². The molecule has 0 unspecified atom stereocenters. The van der Waals surface area contributed by atoms with Gasteiger partial charge in [-0.25, -0.2) is 4.79 Å². The fraction of sp³-hybridized carbons (Fsp3) is 0.556. The summed E-state index contributed by atoms with van der Waals surface area (Å²) in [5, 5.41) is 11.2. The van der Waals surface area contributed by atoms with Crippen molar-refractivity contribution in [1.29, 1.82) is 0 Å². The Bertz CT molecular complexity index is 703. The van der Waals surface area contributed by atoms with Gasteiger partial charge in [0, 0.05) is 19.4 Å². The van der Waals surface area contributed by atoms with Crippen molar-refractivity contribution in [2.24, 2.45) is 11.3 Å². The van der Waals surface area contributed by atoms with Crippen LogP contribution in [0.25, 0.3) is 0 Å². The van der Waals surface area contributed by atoms with Gasteiger partial charge in [-0.2, -0.15) is 0 Å². The molecular weight excluding hydrogens is 312 g/mol. The van der Waals surface area contributed by atoms with Crippen molar-refractivity contribution in [2.75, 3.05) is 13.7 Å². The standard InChI is InChI=1S/C18H20O6/c1-16-9-13(19)12-8-18(16,21)17(12,15(22-2)24-16)10-23-14(20)11-6-4-3-5-7-11/h3-7,12,15,21H,8-10H2,1-2H3/t12-,15-,16+,17-,18-/m0/s1. The van der Waals surface area contributed by atoms with Gasteiger partial charge in [0.2, 0.25) is 0 Å². The molecule has 0 spiro atoms. The SMILES string of the molecule is CO[C@H]1O[C@]2(C)CC(=O)[C@@H]3C[C@@]2(O)[C@]13COC(=O)c1ccccc1. The summed E-state index contributed by atoms with van der Waals surface area (Å²) in [4.78, 5) is 24.7. The van der Waals surface area contributed by atoms with Crippen LogP contribution in [0.5, 0.6) is 0 Å². The number of benzene rings is 1. The van der Waals surface area contributed by atoms with Gasteiger partial charge in [-0.1, -0.05) is 18.2 Å². The number of hydrogen-bond acceptors (Lipinski definition) is 6. The molecule has 3 aliphatic carbocycles. The Morgan fingerprint density at radius 2 is 2.08 bits per heavy atom. The molecule has 24 heavy (non-hydrogen) atoms. The van der Waals surface area contributed by atoms with E-state index in [0.717, 1.165) is 0 Å². The van der Waals surface area contributed by atoms with Crippen LogP contribution < -0.4 is 0 Å². The zero-order valence-electron chi connectivity index (χ0n) is 13.7. The average Bonchev–Trinajstić information content (AvgIpc) is 2.64. The van der Waals surface area contributed by atoms with Gasteiger partial charge in [-0.15, -0.1) is 0 Å². The number of methoxy groups -OCH3 is 1. The third-order valence-corrected chi connectivity index (χ3v) is 6.12. The van der Waals surface area contributed by atoms with E-state index in [9.17, 15) is 14.7 Å². The van der Waals surface area contributed by atoms with Crippen molar-refractivity contribution in [3.05, 3.63) is 35.9 Å². The minimum atomic E-state index is -1.23. The van der Waals surface area contributed by atoms with E-state index < -0.39 is 34.8 Å². The van der Waals surface area contributed by atoms with Crippen LogP contribution in [0.3, 0.4) is 0 Å². The Morgan fingerprint density at radius 3 is 2.75 bits per heavy atom. The van der Waals surface area contributed by atoms with Crippen molar-refractivity contribution < 1.29 is 28.9 Å². The second-order valence-electron chi connectivity index (χ2n) is 7.16. The zero-order valence-corrected chi connectivity index (χ0v) is 13.7. The summed E-state index contributed by atoms with van der Waals surface area (Å²) in [6.07, 6.45) is -0.297. The summed E-state index contributed by atoms with van der Waals surface area (Å²) >= 11 is 0. The molecule has 5 rings (SSSR count). The summed E-state index contributed by atoms with van der Waals surface area (Å²) in [6, 6.07) is 8.62. The van der Waals surface area contributed by atoms with E-state index in [4.69, 9.17) is 14.2 Å². The maximum absolute atomic E-state index is 12.4. The average molecular weight is 332 g/mol. The van der Waals surface area contributed by atoms with E-state index >= 15 is 0 Å². The molecule has 4 bridgehead atoms. The highest BCUT2D eigenvalue weighted by Crippen LogP contribution is 2.72. The molecule has 3 saturated carbocycles. The Hall–Kier alpha value is -1.76. The van der Waals surface area contributed by atoms with E-state index in [1.165, 1.54) is 7.11 Å². The second kappa shape index (κ2) is 4.88. The number of ketones is 1. The van der Waals surface area contributed by atoms with E-state index in [0.29, 0.717) is 12.0 Å². The van der Waals surface area contributed by atoms with Gasteiger partial charge in [0.05, 0.1) is 11.0 Å². The van der Waals surface area contributed by atoms with Gasteiger partial charge in [0.1, 0.15) is 23.6 Å². The highest BCUT2D eigenvalue weighted by molar-refractivity contribution is 5.90. The number of fused-ring (bicyclic) bond motifs is 1. The number of ether oxygens (including phenoxy) is 3. The van der Waals surface area contributed by atoms with Crippen molar-refractivity contribution >= 4 is 11.8 Å². The van der Waals surface area contributed by atoms with E-state index in [1.54, 1.807) is 31.2 Å². The molecule has 5 atom stereocenters. The number of rotatable bonds is 4. The Balaban J connectivity index is 1.63. The Labute approximate surface area is 139 Å². The predicted octanol–water partition coefficient (Wildman–Crippen LogP) is 1.31. The van der Waals surface area contributed by atoms with Crippen LogP contribution in [0.2, 0.25) is 0 Å². The lowest BCUT2D eigenvalue weighted by atomic mass is 9.41. The molecule has 0 amide bonds. The third-order valence-electron chi connectivity index (χ3n) is 6.12. The maximum Gasteiger partial charge on any atom is 0.338 e. The lowest BCUT2D eigenvalue weighted by molar-refractivity contribution is -0.265. The largest absolute Gasteiger partial charge is 0.461 e. The van der Waals surface area contributed by atoms with Crippen molar-refractivity contribution in [3.8, 4) is 0 Å². The Kier molecular flexibility index (Phi) is 3.20. The van der Waals surface area contributed by atoms with Crippen LogP contribution in [0.4, 0.5) is 0 Å². The van der Waals surface area contributed by atoms with Gasteiger partial charge in [0.25, 0.3) is 0 Å². The normalized spacial score (nSPS) is 42.5. The molecule has 1 aromatic rings. The monoisotopic (exact) mass is 332 g/mol. The molecule has 1 saturated heterocycles. The topological polar surface area (TPSA) is 82.1 Å². The second-order valence-corrected chi connectivity index (χ2v) is 7.16. The summed E-state index contributed by atoms with van der Waals surface area (Å²) in [5.41, 5.74) is -2.84. The first kappa shape index (κ1) is 15.7. The van der Waals surface area contributed by atoms with Crippen molar-refractivity contribution in [2.45, 2.75) is 37.3 Å². The van der Waals surface area contributed by atoms with Gasteiger partial charge in [-0.05, 0) is 25.5 Å². The summed E-state index contributed by atoms with van der Waals surface area (Å²) in [7, 11) is 1.47. The molecule has 1 aromatic carbocycles. The third kappa shape index (κ3) is 1.66. The van der Waals surface area contributed by atoms with Crippen molar-refractivity contribution in [1.82, 2.24) is 0 Å². The Morgan fingerprint density at radius 1 is 1.38 bits per heavy atom. The lowest BCUT2D eigenvalue weighted by Crippen LogP contribution is -2.77. The summed E-state index contributed by atoms with van der Waals surface area (Å²) in [5.74, 6) is -0.871. The number of carbonyl (C=O) groups is 2. The quantitative estimate of drug-likeness (QED) is 0.838. The zero-order chi connectivity index (χ0) is 17.2. The first-order valence-corrected chi connectivity index (χ1v) is 8.06. The number of hydrogen-bond donors (Lipinski definition) is 1. The van der Waals surface area contributed by atoms with Gasteiger partial charge in [0.15, 0.2) is 6.29 Å². The first-order chi connectivity index (χ1) is 11.4. The van der Waals surface area contributed by atoms with Gasteiger partial charge in [-0.3, -0.25) is 4.79 Å². The molecule has 1 N–H and O–H groups in total. The number of esters is 1. The smallest absolute Gasteiger partial charge is 0.338 e. The number of aliphatic hydroxyl groups is 1. The van der Waals surface area contributed by atoms with Crippen LogP contribution in [-0.4, -0.2) is 48.1 Å². The van der Waals surface area contributed by atoms with Crippen LogP contribution >= 0.6 is 0 Å². The maximum atomic E-state index is 12.4. The van der Waals surface area contributed by atoms with E-state index in [-0.39, 0.29) is 18.8 Å². The fourth-order valence-corrected chi connectivity index (χ4v) is 4.76.